The Morgan fingerprint density at radius 1 is 1.11 bits per heavy atom. The Kier molecular flexibility index (Phi) is 8.70. The van der Waals surface area contributed by atoms with Gasteiger partial charge < -0.3 is 5.32 Å². The van der Waals surface area contributed by atoms with Gasteiger partial charge in [0.15, 0.2) is 5.69 Å². The maximum absolute atomic E-state index is 11.5. The van der Waals surface area contributed by atoms with E-state index in [4.69, 9.17) is 0 Å². The zero-order valence-corrected chi connectivity index (χ0v) is 12.2. The van der Waals surface area contributed by atoms with Gasteiger partial charge in [-0.25, -0.2) is 0 Å². The number of amides is 1. The van der Waals surface area contributed by atoms with Crippen LogP contribution in [0.25, 0.3) is 0 Å². The van der Waals surface area contributed by atoms with Crippen LogP contribution in [0.15, 0.2) is 30.5 Å². The number of benzene rings is 1. The van der Waals surface area contributed by atoms with Crippen LogP contribution in [-0.4, -0.2) is 21.3 Å². The molecule has 2 aromatic rings. The molecule has 104 valence electrons. The monoisotopic (exact) mass is 262 g/mol. The molecule has 0 fully saturated rings. The average molecular weight is 262 g/mol. The second kappa shape index (κ2) is 9.82. The van der Waals surface area contributed by atoms with Crippen LogP contribution >= 0.6 is 0 Å². The first-order valence-electron chi connectivity index (χ1n) is 6.49. The summed E-state index contributed by atoms with van der Waals surface area (Å²) in [5, 5.41) is 12.3. The first-order valence-corrected chi connectivity index (χ1v) is 6.49. The number of carbonyl (C=O) groups is 1. The number of H-pyrrole nitrogens is 1. The lowest BCUT2D eigenvalue weighted by atomic mass is 10.2. The van der Waals surface area contributed by atoms with Crippen molar-refractivity contribution >= 4 is 11.6 Å². The molecule has 0 aliphatic heterocycles. The molecule has 0 spiro atoms. The summed E-state index contributed by atoms with van der Waals surface area (Å²) in [6.07, 6.45) is 1.38. The minimum Gasteiger partial charge on any atom is -0.321 e. The average Bonchev–Trinajstić information content (AvgIpc) is 3.00. The van der Waals surface area contributed by atoms with Crippen molar-refractivity contribution in [1.82, 2.24) is 15.4 Å². The highest BCUT2D eigenvalue weighted by molar-refractivity contribution is 6.02. The van der Waals surface area contributed by atoms with Crippen LogP contribution < -0.4 is 5.32 Å². The molecule has 0 aliphatic carbocycles. The summed E-state index contributed by atoms with van der Waals surface area (Å²) in [6, 6.07) is 7.54. The maximum Gasteiger partial charge on any atom is 0.277 e. The van der Waals surface area contributed by atoms with E-state index in [9.17, 15) is 4.79 Å². The standard InChI is InChI=1S/C10H10N4O.2C2H6/c1-7-2-4-8(5-3-7)12-10(15)9-6-11-14-13-9;2*1-2/h2-6H,1H3,(H,12,15)(H,11,13,14);2*1-2H3. The normalized spacial score (nSPS) is 8.47. The van der Waals surface area contributed by atoms with Crippen molar-refractivity contribution in [3.63, 3.8) is 0 Å². The number of aryl methyl sites for hydroxylation is 1. The first-order chi connectivity index (χ1) is 9.25. The molecule has 1 aromatic carbocycles. The van der Waals surface area contributed by atoms with Crippen molar-refractivity contribution in [3.8, 4) is 0 Å². The lowest BCUT2D eigenvalue weighted by Gasteiger charge is -2.02. The highest BCUT2D eigenvalue weighted by Crippen LogP contribution is 2.09. The molecule has 0 unspecified atom stereocenters. The van der Waals surface area contributed by atoms with E-state index in [2.05, 4.69) is 20.7 Å². The van der Waals surface area contributed by atoms with Gasteiger partial charge in [0, 0.05) is 5.69 Å². The Labute approximate surface area is 114 Å². The van der Waals surface area contributed by atoms with Gasteiger partial charge in [0.2, 0.25) is 0 Å². The fourth-order valence-corrected chi connectivity index (χ4v) is 1.14. The second-order valence-corrected chi connectivity index (χ2v) is 3.18. The fourth-order valence-electron chi connectivity index (χ4n) is 1.14. The molecule has 1 amide bonds. The van der Waals surface area contributed by atoms with Crippen molar-refractivity contribution < 1.29 is 4.79 Å². The predicted molar refractivity (Wildman–Crippen MR) is 78.2 cm³/mol. The van der Waals surface area contributed by atoms with E-state index < -0.39 is 0 Å². The number of nitrogens with one attached hydrogen (secondary N) is 2. The Morgan fingerprint density at radius 3 is 2.16 bits per heavy atom. The minimum absolute atomic E-state index is 0.271. The van der Waals surface area contributed by atoms with Crippen LogP contribution in [-0.2, 0) is 0 Å². The topological polar surface area (TPSA) is 70.7 Å². The van der Waals surface area contributed by atoms with Crippen molar-refractivity contribution in [2.75, 3.05) is 5.32 Å². The maximum atomic E-state index is 11.5. The molecule has 19 heavy (non-hydrogen) atoms. The van der Waals surface area contributed by atoms with Gasteiger partial charge in [-0.15, -0.1) is 0 Å². The quantitative estimate of drug-likeness (QED) is 0.871. The minimum atomic E-state index is -0.271. The summed E-state index contributed by atoms with van der Waals surface area (Å²) in [5.74, 6) is -0.271. The fraction of sp³-hybridized carbons (Fsp3) is 0.357. The lowest BCUT2D eigenvalue weighted by molar-refractivity contribution is 0.102. The van der Waals surface area contributed by atoms with Crippen LogP contribution in [0.3, 0.4) is 0 Å². The molecule has 0 saturated carbocycles. The molecule has 5 nitrogen and oxygen atoms in total. The van der Waals surface area contributed by atoms with Gasteiger partial charge in [0.1, 0.15) is 0 Å². The van der Waals surface area contributed by atoms with E-state index in [0.717, 1.165) is 11.3 Å². The summed E-state index contributed by atoms with van der Waals surface area (Å²) >= 11 is 0. The SMILES string of the molecule is CC.CC.Cc1ccc(NC(=O)c2cn[nH]n2)cc1. The van der Waals surface area contributed by atoms with Gasteiger partial charge in [-0.05, 0) is 19.1 Å². The third kappa shape index (κ3) is 5.81. The van der Waals surface area contributed by atoms with Crippen molar-refractivity contribution in [1.29, 1.82) is 0 Å². The first kappa shape index (κ1) is 16.8. The third-order valence-corrected chi connectivity index (χ3v) is 1.96. The van der Waals surface area contributed by atoms with Crippen LogP contribution in [0, 0.1) is 6.92 Å². The number of nitrogens with zero attached hydrogens (tertiary/aromatic N) is 2. The van der Waals surface area contributed by atoms with Crippen molar-refractivity contribution in [3.05, 3.63) is 41.7 Å². The molecule has 0 radical (unpaired) electrons. The highest BCUT2D eigenvalue weighted by atomic mass is 16.2. The number of hydrogen-bond donors (Lipinski definition) is 2. The van der Waals surface area contributed by atoms with Gasteiger partial charge in [-0.2, -0.15) is 15.4 Å². The van der Waals surface area contributed by atoms with Gasteiger partial charge in [0.05, 0.1) is 6.20 Å². The van der Waals surface area contributed by atoms with E-state index in [1.807, 2.05) is 58.9 Å². The molecule has 0 atom stereocenters. The smallest absolute Gasteiger partial charge is 0.277 e. The van der Waals surface area contributed by atoms with E-state index in [-0.39, 0.29) is 11.6 Å². The van der Waals surface area contributed by atoms with E-state index >= 15 is 0 Å². The zero-order valence-electron chi connectivity index (χ0n) is 12.2. The number of aromatic nitrogens is 3. The van der Waals surface area contributed by atoms with Gasteiger partial charge in [0.25, 0.3) is 5.91 Å². The Balaban J connectivity index is 0.000000741. The number of aromatic amines is 1. The number of anilines is 1. The molecule has 0 saturated heterocycles. The predicted octanol–water partition coefficient (Wildman–Crippen LogP) is 3.42. The summed E-state index contributed by atoms with van der Waals surface area (Å²) in [5.41, 5.74) is 2.17. The molecular formula is C14H22N4O. The summed E-state index contributed by atoms with van der Waals surface area (Å²) in [4.78, 5) is 11.5. The summed E-state index contributed by atoms with van der Waals surface area (Å²) < 4.78 is 0. The molecule has 0 aliphatic rings. The van der Waals surface area contributed by atoms with Crippen LogP contribution in [0.1, 0.15) is 43.7 Å². The number of hydrogen-bond acceptors (Lipinski definition) is 3. The highest BCUT2D eigenvalue weighted by Gasteiger charge is 2.07. The molecular weight excluding hydrogens is 240 g/mol. The molecule has 5 heteroatoms. The molecule has 2 N–H and O–H groups in total. The van der Waals surface area contributed by atoms with E-state index in [1.54, 1.807) is 0 Å². The van der Waals surface area contributed by atoms with Crippen LogP contribution in [0.2, 0.25) is 0 Å². The number of rotatable bonds is 2. The Bertz CT molecular complexity index is 449. The second-order valence-electron chi connectivity index (χ2n) is 3.18. The van der Waals surface area contributed by atoms with Gasteiger partial charge in [-0.3, -0.25) is 4.79 Å². The lowest BCUT2D eigenvalue weighted by Crippen LogP contribution is -2.12. The van der Waals surface area contributed by atoms with E-state index in [1.165, 1.54) is 6.20 Å². The van der Waals surface area contributed by atoms with Crippen molar-refractivity contribution in [2.45, 2.75) is 34.6 Å². The summed E-state index contributed by atoms with van der Waals surface area (Å²) in [7, 11) is 0. The number of carbonyl (C=O) groups excluding carboxylic acids is 1. The summed E-state index contributed by atoms with van der Waals surface area (Å²) in [6.45, 7) is 9.99. The van der Waals surface area contributed by atoms with Gasteiger partial charge in [-0.1, -0.05) is 45.4 Å². The van der Waals surface area contributed by atoms with Crippen LogP contribution in [0.4, 0.5) is 5.69 Å². The Hall–Kier alpha value is -2.17. The largest absolute Gasteiger partial charge is 0.321 e. The third-order valence-electron chi connectivity index (χ3n) is 1.96. The van der Waals surface area contributed by atoms with E-state index in [0.29, 0.717) is 0 Å². The van der Waals surface area contributed by atoms with Gasteiger partial charge >= 0.3 is 0 Å². The molecule has 2 rings (SSSR count). The molecule has 1 heterocycles. The van der Waals surface area contributed by atoms with Crippen LogP contribution in [0.5, 0.6) is 0 Å². The Morgan fingerprint density at radius 2 is 1.68 bits per heavy atom. The van der Waals surface area contributed by atoms with Crippen molar-refractivity contribution in [2.24, 2.45) is 0 Å². The molecule has 0 bridgehead atoms. The molecule has 1 aromatic heterocycles. The zero-order chi connectivity index (χ0) is 14.7.